The first kappa shape index (κ1) is 17.0. The molecule has 1 atom stereocenters. The van der Waals surface area contributed by atoms with Crippen molar-refractivity contribution in [1.29, 1.82) is 0 Å². The minimum absolute atomic E-state index is 0.208. The monoisotopic (exact) mass is 337 g/mol. The van der Waals surface area contributed by atoms with Gasteiger partial charge in [0.15, 0.2) is 0 Å². The van der Waals surface area contributed by atoms with E-state index in [2.05, 4.69) is 0 Å². The summed E-state index contributed by atoms with van der Waals surface area (Å²) in [5.41, 5.74) is 3.88. The van der Waals surface area contributed by atoms with Crippen molar-refractivity contribution < 1.29 is 14.7 Å². The summed E-state index contributed by atoms with van der Waals surface area (Å²) in [6, 6.07) is 14.7. The lowest BCUT2D eigenvalue weighted by molar-refractivity contribution is -0.306. The second-order valence-corrected chi connectivity index (χ2v) is 6.45. The van der Waals surface area contributed by atoms with E-state index >= 15 is 0 Å². The van der Waals surface area contributed by atoms with Crippen LogP contribution >= 0.6 is 0 Å². The molecule has 1 aliphatic rings. The molecule has 0 radical (unpaired) electrons. The average molecular weight is 337 g/mol. The molecular formula is C20H21N2O3-. The smallest absolute Gasteiger partial charge is 0.250 e. The molecule has 1 heterocycles. The highest BCUT2D eigenvalue weighted by Crippen LogP contribution is 2.27. The third-order valence-electron chi connectivity index (χ3n) is 4.56. The Balaban J connectivity index is 1.90. The van der Waals surface area contributed by atoms with Gasteiger partial charge in [-0.25, -0.2) is 0 Å². The Hall–Kier alpha value is -2.82. The van der Waals surface area contributed by atoms with Gasteiger partial charge >= 0.3 is 0 Å². The zero-order valence-electron chi connectivity index (χ0n) is 14.4. The fourth-order valence-electron chi connectivity index (χ4n) is 3.17. The Morgan fingerprint density at radius 3 is 2.00 bits per heavy atom. The maximum absolute atomic E-state index is 13.0. The number of rotatable bonds is 4. The molecule has 2 aromatic carbocycles. The fraction of sp³-hybridized carbons (Fsp3) is 0.300. The number of piperazine rings is 1. The number of hydrogen-bond acceptors (Lipinski definition) is 4. The van der Waals surface area contributed by atoms with Gasteiger partial charge in [0, 0.05) is 36.9 Å². The molecule has 5 nitrogen and oxygen atoms in total. The van der Waals surface area contributed by atoms with Crippen LogP contribution < -0.4 is 14.9 Å². The number of carbonyl (C=O) groups is 2. The van der Waals surface area contributed by atoms with E-state index in [1.54, 1.807) is 4.90 Å². The standard InChI is InChI=1S/C20H22N2O3/c1-14-3-7-16(8-4-14)21-11-12-22(17-9-5-15(2)6-10-17)20(25)18(21)13-19(23)24/h3-10,18H,11-13H2,1-2H3,(H,23,24)/p-1/t18-/m0/s1. The number of carbonyl (C=O) groups excluding carboxylic acids is 2. The van der Waals surface area contributed by atoms with Crippen LogP contribution in [0.1, 0.15) is 17.5 Å². The number of aliphatic carboxylic acids is 1. The molecular weight excluding hydrogens is 316 g/mol. The van der Waals surface area contributed by atoms with Gasteiger partial charge in [-0.3, -0.25) is 4.79 Å². The molecule has 0 spiro atoms. The van der Waals surface area contributed by atoms with Crippen molar-refractivity contribution in [3.63, 3.8) is 0 Å². The summed E-state index contributed by atoms with van der Waals surface area (Å²) in [7, 11) is 0. The zero-order chi connectivity index (χ0) is 18.0. The number of aryl methyl sites for hydroxylation is 2. The minimum Gasteiger partial charge on any atom is -0.550 e. The molecule has 1 saturated heterocycles. The van der Waals surface area contributed by atoms with Crippen molar-refractivity contribution in [2.45, 2.75) is 26.3 Å². The number of anilines is 2. The summed E-state index contributed by atoms with van der Waals surface area (Å²) in [5.74, 6) is -1.43. The summed E-state index contributed by atoms with van der Waals surface area (Å²) in [6.07, 6.45) is -0.324. The van der Waals surface area contributed by atoms with Gasteiger partial charge in [0.1, 0.15) is 6.04 Å². The number of carboxylic acid groups (broad SMARTS) is 1. The Kier molecular flexibility index (Phi) is 4.74. The van der Waals surface area contributed by atoms with E-state index in [9.17, 15) is 14.7 Å². The van der Waals surface area contributed by atoms with E-state index in [0.29, 0.717) is 13.1 Å². The van der Waals surface area contributed by atoms with Gasteiger partial charge in [-0.2, -0.15) is 0 Å². The quantitative estimate of drug-likeness (QED) is 0.851. The number of amides is 1. The minimum atomic E-state index is -1.22. The lowest BCUT2D eigenvalue weighted by atomic mass is 10.0. The van der Waals surface area contributed by atoms with Crippen molar-refractivity contribution in [2.75, 3.05) is 22.9 Å². The molecule has 0 bridgehead atoms. The van der Waals surface area contributed by atoms with Gasteiger partial charge in [0.2, 0.25) is 5.91 Å². The molecule has 2 aromatic rings. The summed E-state index contributed by atoms with van der Waals surface area (Å²) in [6.45, 7) is 5.06. The first-order valence-corrected chi connectivity index (χ1v) is 8.37. The van der Waals surface area contributed by atoms with E-state index in [1.807, 2.05) is 67.3 Å². The van der Waals surface area contributed by atoms with Crippen LogP contribution in [0, 0.1) is 13.8 Å². The van der Waals surface area contributed by atoms with Gasteiger partial charge in [-0.1, -0.05) is 35.4 Å². The van der Waals surface area contributed by atoms with Crippen LogP contribution in [-0.4, -0.2) is 31.0 Å². The summed E-state index contributed by atoms with van der Waals surface area (Å²) in [4.78, 5) is 27.7. The summed E-state index contributed by atoms with van der Waals surface area (Å²) in [5, 5.41) is 11.2. The highest BCUT2D eigenvalue weighted by atomic mass is 16.4. The van der Waals surface area contributed by atoms with Crippen LogP contribution in [0.4, 0.5) is 11.4 Å². The molecule has 1 aliphatic heterocycles. The van der Waals surface area contributed by atoms with Gasteiger partial charge in [0.05, 0.1) is 0 Å². The maximum Gasteiger partial charge on any atom is 0.250 e. The Morgan fingerprint density at radius 1 is 0.960 bits per heavy atom. The van der Waals surface area contributed by atoms with Crippen LogP contribution in [0.15, 0.2) is 48.5 Å². The van der Waals surface area contributed by atoms with Gasteiger partial charge < -0.3 is 19.7 Å². The molecule has 0 N–H and O–H groups in total. The van der Waals surface area contributed by atoms with Crippen molar-refractivity contribution in [3.8, 4) is 0 Å². The zero-order valence-corrected chi connectivity index (χ0v) is 14.4. The highest BCUT2D eigenvalue weighted by Gasteiger charge is 2.35. The van der Waals surface area contributed by atoms with E-state index in [0.717, 1.165) is 22.5 Å². The van der Waals surface area contributed by atoms with E-state index in [4.69, 9.17) is 0 Å². The largest absolute Gasteiger partial charge is 0.550 e. The van der Waals surface area contributed by atoms with Crippen molar-refractivity contribution >= 4 is 23.3 Å². The lowest BCUT2D eigenvalue weighted by Crippen LogP contribution is -2.59. The fourth-order valence-corrected chi connectivity index (χ4v) is 3.17. The predicted molar refractivity (Wildman–Crippen MR) is 95.5 cm³/mol. The molecule has 0 aromatic heterocycles. The second kappa shape index (κ2) is 6.97. The molecule has 1 fully saturated rings. The van der Waals surface area contributed by atoms with Gasteiger partial charge in [-0.05, 0) is 38.1 Å². The second-order valence-electron chi connectivity index (χ2n) is 6.45. The topological polar surface area (TPSA) is 63.7 Å². The van der Waals surface area contributed by atoms with Crippen LogP contribution in [0.25, 0.3) is 0 Å². The normalized spacial score (nSPS) is 17.7. The number of carboxylic acids is 1. The van der Waals surface area contributed by atoms with Crippen molar-refractivity contribution in [1.82, 2.24) is 0 Å². The van der Waals surface area contributed by atoms with E-state index in [1.165, 1.54) is 0 Å². The van der Waals surface area contributed by atoms with Crippen LogP contribution in [0.5, 0.6) is 0 Å². The summed E-state index contributed by atoms with van der Waals surface area (Å²) >= 11 is 0. The van der Waals surface area contributed by atoms with Gasteiger partial charge in [0.25, 0.3) is 0 Å². The molecule has 0 saturated carbocycles. The first-order valence-electron chi connectivity index (χ1n) is 8.37. The molecule has 5 heteroatoms. The molecule has 130 valence electrons. The third kappa shape index (κ3) is 3.65. The molecule has 1 amide bonds. The van der Waals surface area contributed by atoms with E-state index in [-0.39, 0.29) is 12.3 Å². The van der Waals surface area contributed by atoms with Crippen LogP contribution in [-0.2, 0) is 9.59 Å². The Labute approximate surface area is 147 Å². The number of hydrogen-bond donors (Lipinski definition) is 0. The number of benzene rings is 2. The van der Waals surface area contributed by atoms with E-state index < -0.39 is 12.0 Å². The number of nitrogens with zero attached hydrogens (tertiary/aromatic N) is 2. The highest BCUT2D eigenvalue weighted by molar-refractivity contribution is 6.02. The molecule has 3 rings (SSSR count). The van der Waals surface area contributed by atoms with Crippen molar-refractivity contribution in [2.24, 2.45) is 0 Å². The van der Waals surface area contributed by atoms with Crippen LogP contribution in [0.2, 0.25) is 0 Å². The average Bonchev–Trinajstić information content (AvgIpc) is 2.58. The Morgan fingerprint density at radius 2 is 1.48 bits per heavy atom. The molecule has 0 unspecified atom stereocenters. The Bertz CT molecular complexity index is 769. The predicted octanol–water partition coefficient (Wildman–Crippen LogP) is 1.67. The molecule has 25 heavy (non-hydrogen) atoms. The maximum atomic E-state index is 13.0. The summed E-state index contributed by atoms with van der Waals surface area (Å²) < 4.78 is 0. The SMILES string of the molecule is Cc1ccc(N2CCN(c3ccc(C)cc3)[C@@H](CC(=O)[O-])C2=O)cc1. The van der Waals surface area contributed by atoms with Gasteiger partial charge in [-0.15, -0.1) is 0 Å². The molecule has 0 aliphatic carbocycles. The van der Waals surface area contributed by atoms with Crippen molar-refractivity contribution in [3.05, 3.63) is 59.7 Å². The lowest BCUT2D eigenvalue weighted by Gasteiger charge is -2.42. The first-order chi connectivity index (χ1) is 12.0. The van der Waals surface area contributed by atoms with Crippen LogP contribution in [0.3, 0.4) is 0 Å². The third-order valence-corrected chi connectivity index (χ3v) is 4.56.